The average molecular weight is 223 g/mol. The summed E-state index contributed by atoms with van der Waals surface area (Å²) in [5.41, 5.74) is 0. The van der Waals surface area contributed by atoms with Crippen molar-refractivity contribution in [3.05, 3.63) is 18.2 Å². The molecule has 1 rings (SSSR count). The molecule has 0 saturated heterocycles. The lowest BCUT2D eigenvalue weighted by Crippen LogP contribution is -2.42. The van der Waals surface area contributed by atoms with Crippen molar-refractivity contribution in [3.63, 3.8) is 0 Å². The van der Waals surface area contributed by atoms with E-state index in [2.05, 4.69) is 15.3 Å². The van der Waals surface area contributed by atoms with Crippen LogP contribution in [0.15, 0.2) is 12.4 Å². The lowest BCUT2D eigenvalue weighted by Gasteiger charge is -2.15. The second-order valence-electron chi connectivity index (χ2n) is 3.53. The molecule has 5 heteroatoms. The summed E-state index contributed by atoms with van der Waals surface area (Å²) in [5.74, 6) is 0.625. The average Bonchev–Trinajstić information content (AvgIpc) is 2.79. The Balaban J connectivity index is 2.64. The predicted molar refractivity (Wildman–Crippen MR) is 59.8 cm³/mol. The van der Waals surface area contributed by atoms with Gasteiger partial charge in [0.1, 0.15) is 5.82 Å². The number of Topliss-reactive ketones (excluding diaryl/α,β-unsaturated/α-hetero) is 1. The van der Waals surface area contributed by atoms with Crippen LogP contribution in [0.2, 0.25) is 0 Å². The van der Waals surface area contributed by atoms with Crippen molar-refractivity contribution in [1.82, 2.24) is 15.3 Å². The molecule has 0 aliphatic carbocycles. The molecule has 2 N–H and O–H groups in total. The summed E-state index contributed by atoms with van der Waals surface area (Å²) in [5, 5.41) is 2.71. The smallest absolute Gasteiger partial charge is 0.220 e. The summed E-state index contributed by atoms with van der Waals surface area (Å²) >= 11 is 0. The van der Waals surface area contributed by atoms with Crippen molar-refractivity contribution in [2.45, 2.75) is 39.2 Å². The molecule has 1 aromatic rings. The topological polar surface area (TPSA) is 74.8 Å². The van der Waals surface area contributed by atoms with Gasteiger partial charge in [-0.25, -0.2) is 4.98 Å². The molecule has 0 saturated carbocycles. The SMILES string of the molecule is CCC(=O)NC(Cc1ncc[nH]1)C(=O)CC. The van der Waals surface area contributed by atoms with Gasteiger partial charge in [0.25, 0.3) is 0 Å². The molecule has 5 nitrogen and oxygen atoms in total. The monoisotopic (exact) mass is 223 g/mol. The van der Waals surface area contributed by atoms with E-state index < -0.39 is 6.04 Å². The van der Waals surface area contributed by atoms with Crippen molar-refractivity contribution in [1.29, 1.82) is 0 Å². The van der Waals surface area contributed by atoms with Gasteiger partial charge < -0.3 is 10.3 Å². The van der Waals surface area contributed by atoms with E-state index in [1.165, 1.54) is 0 Å². The number of aromatic amines is 1. The molecule has 0 aliphatic rings. The van der Waals surface area contributed by atoms with E-state index in [1.54, 1.807) is 26.2 Å². The largest absolute Gasteiger partial charge is 0.349 e. The van der Waals surface area contributed by atoms with Crippen molar-refractivity contribution < 1.29 is 9.59 Å². The van der Waals surface area contributed by atoms with Crippen LogP contribution in [0.1, 0.15) is 32.5 Å². The van der Waals surface area contributed by atoms with Gasteiger partial charge in [-0.15, -0.1) is 0 Å². The van der Waals surface area contributed by atoms with Gasteiger partial charge in [0.2, 0.25) is 5.91 Å². The van der Waals surface area contributed by atoms with Gasteiger partial charge in [-0.2, -0.15) is 0 Å². The van der Waals surface area contributed by atoms with Gasteiger partial charge in [0.05, 0.1) is 6.04 Å². The highest BCUT2D eigenvalue weighted by Gasteiger charge is 2.19. The van der Waals surface area contributed by atoms with E-state index in [0.717, 1.165) is 0 Å². The number of amides is 1. The molecule has 0 aromatic carbocycles. The van der Waals surface area contributed by atoms with Gasteiger partial charge in [-0.1, -0.05) is 13.8 Å². The summed E-state index contributed by atoms with van der Waals surface area (Å²) in [6, 6.07) is -0.469. The molecular formula is C11H17N3O2. The Bertz CT molecular complexity index is 346. The molecule has 0 spiro atoms. The van der Waals surface area contributed by atoms with Crippen LogP contribution < -0.4 is 5.32 Å². The standard InChI is InChI=1S/C11H17N3O2/c1-3-9(15)8(14-11(16)4-2)7-10-12-5-6-13-10/h5-6,8H,3-4,7H2,1-2H3,(H,12,13)(H,14,16). The van der Waals surface area contributed by atoms with Crippen LogP contribution in [0.5, 0.6) is 0 Å². The van der Waals surface area contributed by atoms with Gasteiger partial charge in [-0.05, 0) is 0 Å². The molecule has 0 bridgehead atoms. The zero-order valence-electron chi connectivity index (χ0n) is 9.62. The second-order valence-corrected chi connectivity index (χ2v) is 3.53. The van der Waals surface area contributed by atoms with Gasteiger partial charge in [-0.3, -0.25) is 9.59 Å². The van der Waals surface area contributed by atoms with Crippen LogP contribution in [0, 0.1) is 0 Å². The third kappa shape index (κ3) is 3.49. The lowest BCUT2D eigenvalue weighted by atomic mass is 10.1. The minimum absolute atomic E-state index is 0.0261. The number of nitrogens with zero attached hydrogens (tertiary/aromatic N) is 1. The van der Waals surface area contributed by atoms with E-state index in [1.807, 2.05) is 0 Å². The number of carbonyl (C=O) groups is 2. The Morgan fingerprint density at radius 3 is 2.69 bits per heavy atom. The highest BCUT2D eigenvalue weighted by atomic mass is 16.2. The normalized spacial score (nSPS) is 12.1. The highest BCUT2D eigenvalue weighted by molar-refractivity contribution is 5.88. The van der Waals surface area contributed by atoms with Crippen LogP contribution in [0.25, 0.3) is 0 Å². The van der Waals surface area contributed by atoms with Gasteiger partial charge >= 0.3 is 0 Å². The maximum Gasteiger partial charge on any atom is 0.220 e. The molecule has 16 heavy (non-hydrogen) atoms. The summed E-state index contributed by atoms with van der Waals surface area (Å²) in [4.78, 5) is 29.9. The summed E-state index contributed by atoms with van der Waals surface area (Å²) < 4.78 is 0. The fraction of sp³-hybridized carbons (Fsp3) is 0.545. The van der Waals surface area contributed by atoms with E-state index in [-0.39, 0.29) is 11.7 Å². The number of imidazole rings is 1. The molecular weight excluding hydrogens is 206 g/mol. The maximum atomic E-state index is 11.6. The zero-order valence-corrected chi connectivity index (χ0v) is 9.62. The molecule has 0 fully saturated rings. The Morgan fingerprint density at radius 2 is 2.19 bits per heavy atom. The quantitative estimate of drug-likeness (QED) is 0.750. The maximum absolute atomic E-state index is 11.6. The number of hydrogen-bond donors (Lipinski definition) is 2. The van der Waals surface area contributed by atoms with E-state index in [9.17, 15) is 9.59 Å². The number of hydrogen-bond acceptors (Lipinski definition) is 3. The first-order chi connectivity index (χ1) is 7.67. The first kappa shape index (κ1) is 12.4. The molecule has 0 radical (unpaired) electrons. The van der Waals surface area contributed by atoms with Crippen molar-refractivity contribution in [2.75, 3.05) is 0 Å². The number of H-pyrrole nitrogens is 1. The number of carbonyl (C=O) groups excluding carboxylic acids is 2. The van der Waals surface area contributed by atoms with E-state index >= 15 is 0 Å². The molecule has 1 amide bonds. The zero-order chi connectivity index (χ0) is 12.0. The summed E-state index contributed by atoms with van der Waals surface area (Å²) in [7, 11) is 0. The first-order valence-corrected chi connectivity index (χ1v) is 5.47. The number of ketones is 1. The Kier molecular flexibility index (Phi) is 4.69. The number of nitrogens with one attached hydrogen (secondary N) is 2. The summed E-state index contributed by atoms with van der Waals surface area (Å²) in [6.45, 7) is 3.55. The summed E-state index contributed by atoms with van der Waals surface area (Å²) in [6.07, 6.45) is 4.54. The highest BCUT2D eigenvalue weighted by Crippen LogP contribution is 2.01. The molecule has 1 unspecified atom stereocenters. The van der Waals surface area contributed by atoms with E-state index in [0.29, 0.717) is 25.1 Å². The van der Waals surface area contributed by atoms with Crippen molar-refractivity contribution in [2.24, 2.45) is 0 Å². The van der Waals surface area contributed by atoms with Crippen LogP contribution in [-0.4, -0.2) is 27.7 Å². The van der Waals surface area contributed by atoms with Crippen molar-refractivity contribution >= 4 is 11.7 Å². The van der Waals surface area contributed by atoms with Gasteiger partial charge in [0, 0.05) is 31.7 Å². The fourth-order valence-corrected chi connectivity index (χ4v) is 1.39. The Morgan fingerprint density at radius 1 is 1.44 bits per heavy atom. The van der Waals surface area contributed by atoms with Crippen molar-refractivity contribution in [3.8, 4) is 0 Å². The predicted octanol–water partition coefficient (Wildman–Crippen LogP) is 0.826. The van der Waals surface area contributed by atoms with E-state index in [4.69, 9.17) is 0 Å². The molecule has 1 atom stereocenters. The molecule has 0 aliphatic heterocycles. The third-order valence-electron chi connectivity index (χ3n) is 2.35. The third-order valence-corrected chi connectivity index (χ3v) is 2.35. The molecule has 1 heterocycles. The Labute approximate surface area is 94.7 Å². The Hall–Kier alpha value is -1.65. The number of rotatable bonds is 6. The minimum Gasteiger partial charge on any atom is -0.349 e. The van der Waals surface area contributed by atoms with Crippen LogP contribution in [0.4, 0.5) is 0 Å². The fourth-order valence-electron chi connectivity index (χ4n) is 1.39. The minimum atomic E-state index is -0.469. The van der Waals surface area contributed by atoms with Crippen LogP contribution in [-0.2, 0) is 16.0 Å². The number of aromatic nitrogens is 2. The second kappa shape index (κ2) is 6.05. The van der Waals surface area contributed by atoms with Crippen LogP contribution >= 0.6 is 0 Å². The van der Waals surface area contributed by atoms with Crippen LogP contribution in [0.3, 0.4) is 0 Å². The van der Waals surface area contributed by atoms with Gasteiger partial charge in [0.15, 0.2) is 5.78 Å². The lowest BCUT2D eigenvalue weighted by molar-refractivity contribution is -0.127. The first-order valence-electron chi connectivity index (χ1n) is 5.47. The molecule has 1 aromatic heterocycles. The molecule has 88 valence electrons.